The van der Waals surface area contributed by atoms with Gasteiger partial charge >= 0.3 is 6.18 Å². The Balaban J connectivity index is 1.39. The molecule has 164 valence electrons. The van der Waals surface area contributed by atoms with Crippen molar-refractivity contribution in [2.45, 2.75) is 31.9 Å². The lowest BCUT2D eigenvalue weighted by atomic mass is 9.90. The molecule has 1 fully saturated rings. The van der Waals surface area contributed by atoms with Crippen LogP contribution in [0.25, 0.3) is 22.3 Å². The van der Waals surface area contributed by atoms with E-state index in [1.807, 2.05) is 12.1 Å². The molecule has 0 unspecified atom stereocenters. The van der Waals surface area contributed by atoms with Gasteiger partial charge in [0.1, 0.15) is 5.78 Å². The van der Waals surface area contributed by atoms with Crippen molar-refractivity contribution < 1.29 is 18.0 Å². The van der Waals surface area contributed by atoms with Crippen molar-refractivity contribution in [3.63, 3.8) is 0 Å². The van der Waals surface area contributed by atoms with Crippen LogP contribution in [0, 0.1) is 5.92 Å². The van der Waals surface area contributed by atoms with Gasteiger partial charge in [0.25, 0.3) is 0 Å². The molecule has 8 nitrogen and oxygen atoms in total. The number of hydrogen-bond donors (Lipinski definition) is 0. The fraction of sp³-hybridized carbons (Fsp3) is 0.500. The molecule has 3 aromatic rings. The van der Waals surface area contributed by atoms with Crippen molar-refractivity contribution in [3.05, 3.63) is 30.2 Å². The van der Waals surface area contributed by atoms with Gasteiger partial charge in [-0.15, -0.1) is 5.10 Å². The lowest BCUT2D eigenvalue weighted by molar-refractivity contribution is -0.139. The molecule has 0 bridgehead atoms. The molecule has 4 heterocycles. The Morgan fingerprint density at radius 2 is 1.94 bits per heavy atom. The smallest absolute Gasteiger partial charge is 0.303 e. The van der Waals surface area contributed by atoms with Crippen LogP contribution in [-0.2, 0) is 18.3 Å². The molecule has 0 radical (unpaired) electrons. The molecule has 0 saturated carbocycles. The van der Waals surface area contributed by atoms with Crippen LogP contribution >= 0.6 is 0 Å². The summed E-state index contributed by atoms with van der Waals surface area (Å²) in [7, 11) is 1.74. The van der Waals surface area contributed by atoms with Gasteiger partial charge < -0.3 is 4.90 Å². The van der Waals surface area contributed by atoms with E-state index in [0.717, 1.165) is 10.9 Å². The highest BCUT2D eigenvalue weighted by Gasteiger charge is 2.30. The monoisotopic (exact) mass is 433 g/mol. The number of Topliss-reactive ketones (excluding diaryl/α,β-unsaturated/α-hetero) is 1. The first-order valence-electron chi connectivity index (χ1n) is 10.1. The Kier molecular flexibility index (Phi) is 5.94. The number of ketones is 1. The lowest BCUT2D eigenvalue weighted by Gasteiger charge is -2.31. The fourth-order valence-electron chi connectivity index (χ4n) is 3.86. The Morgan fingerprint density at radius 3 is 2.61 bits per heavy atom. The summed E-state index contributed by atoms with van der Waals surface area (Å²) in [4.78, 5) is 23.3. The van der Waals surface area contributed by atoms with Crippen LogP contribution < -0.4 is 0 Å². The second-order valence-corrected chi connectivity index (χ2v) is 7.84. The quantitative estimate of drug-likeness (QED) is 0.590. The fourth-order valence-corrected chi connectivity index (χ4v) is 3.86. The van der Waals surface area contributed by atoms with Crippen molar-refractivity contribution >= 4 is 16.7 Å². The van der Waals surface area contributed by atoms with E-state index in [9.17, 15) is 18.0 Å². The molecule has 1 aliphatic rings. The number of hydrogen-bond acceptors (Lipinski definition) is 7. The number of halogens is 3. The minimum absolute atomic E-state index is 0.00693. The van der Waals surface area contributed by atoms with E-state index < -0.39 is 12.6 Å². The lowest BCUT2D eigenvalue weighted by Crippen LogP contribution is -2.38. The van der Waals surface area contributed by atoms with Crippen LogP contribution in [0.5, 0.6) is 0 Å². The summed E-state index contributed by atoms with van der Waals surface area (Å²) in [5.74, 6) is 0.513. The molecule has 0 aliphatic carbocycles. The summed E-state index contributed by atoms with van der Waals surface area (Å²) >= 11 is 0. The maximum absolute atomic E-state index is 12.7. The average Bonchev–Trinajstić information content (AvgIpc) is 3.17. The van der Waals surface area contributed by atoms with E-state index in [2.05, 4.69) is 25.5 Å². The molecule has 0 N–H and O–H groups in total. The summed E-state index contributed by atoms with van der Waals surface area (Å²) in [5, 5.41) is 12.3. The summed E-state index contributed by atoms with van der Waals surface area (Å²) in [6.07, 6.45) is -0.299. The van der Waals surface area contributed by atoms with Crippen molar-refractivity contribution in [1.29, 1.82) is 0 Å². The summed E-state index contributed by atoms with van der Waals surface area (Å²) in [6.45, 7) is 1.01. The number of aromatic nitrogens is 6. The van der Waals surface area contributed by atoms with Gasteiger partial charge in [0.2, 0.25) is 0 Å². The Labute approximate surface area is 176 Å². The highest BCUT2D eigenvalue weighted by Crippen LogP contribution is 2.25. The zero-order valence-electron chi connectivity index (χ0n) is 17.0. The third-order valence-corrected chi connectivity index (χ3v) is 5.61. The minimum atomic E-state index is -4.15. The number of tetrazole rings is 1. The van der Waals surface area contributed by atoms with Crippen LogP contribution in [0.2, 0.25) is 0 Å². The van der Waals surface area contributed by atoms with E-state index in [1.54, 1.807) is 29.0 Å². The number of piperidine rings is 1. The summed E-state index contributed by atoms with van der Waals surface area (Å²) in [6, 6.07) is 3.74. The second kappa shape index (κ2) is 8.66. The number of carbonyl (C=O) groups excluding carboxylic acids is 1. The first-order valence-corrected chi connectivity index (χ1v) is 10.1. The first-order chi connectivity index (χ1) is 14.8. The maximum atomic E-state index is 12.7. The van der Waals surface area contributed by atoms with Crippen molar-refractivity contribution in [1.82, 2.24) is 35.1 Å². The Morgan fingerprint density at radius 1 is 1.16 bits per heavy atom. The molecule has 3 aromatic heterocycles. The Bertz CT molecular complexity index is 1070. The largest absolute Gasteiger partial charge is 0.390 e. The predicted molar refractivity (Wildman–Crippen MR) is 106 cm³/mol. The molecular weight excluding hydrogens is 411 g/mol. The first kappa shape index (κ1) is 21.3. The molecule has 4 rings (SSSR count). The SMILES string of the molecule is Cn1nnnc1-c1cnc2cnc(CC(=O)C3CCN(CCC(F)(F)F)CC3)cc2c1. The van der Waals surface area contributed by atoms with E-state index >= 15 is 0 Å². The van der Waals surface area contributed by atoms with Crippen LogP contribution in [0.1, 0.15) is 25.0 Å². The van der Waals surface area contributed by atoms with Gasteiger partial charge in [-0.05, 0) is 48.5 Å². The number of likely N-dealkylation sites (tertiary alicyclic amines) is 1. The molecule has 0 amide bonds. The van der Waals surface area contributed by atoms with Crippen molar-refractivity contribution in [2.75, 3.05) is 19.6 Å². The van der Waals surface area contributed by atoms with Crippen molar-refractivity contribution in [2.24, 2.45) is 13.0 Å². The van der Waals surface area contributed by atoms with Gasteiger partial charge in [-0.1, -0.05) is 0 Å². The van der Waals surface area contributed by atoms with E-state index in [-0.39, 0.29) is 24.7 Å². The Hall–Kier alpha value is -2.95. The third kappa shape index (κ3) is 5.22. The molecular formula is C20H22F3N7O. The summed E-state index contributed by atoms with van der Waals surface area (Å²) < 4.78 is 38.7. The molecule has 1 saturated heterocycles. The minimum Gasteiger partial charge on any atom is -0.303 e. The van der Waals surface area contributed by atoms with E-state index in [4.69, 9.17) is 0 Å². The highest BCUT2D eigenvalue weighted by molar-refractivity contribution is 5.86. The number of alkyl halides is 3. The van der Waals surface area contributed by atoms with Crippen LogP contribution in [0.3, 0.4) is 0 Å². The highest BCUT2D eigenvalue weighted by atomic mass is 19.4. The molecule has 1 aliphatic heterocycles. The normalized spacial score (nSPS) is 16.1. The molecule has 0 spiro atoms. The van der Waals surface area contributed by atoms with Gasteiger partial charge in [-0.3, -0.25) is 14.8 Å². The zero-order chi connectivity index (χ0) is 22.0. The van der Waals surface area contributed by atoms with E-state index in [1.165, 1.54) is 0 Å². The number of rotatable bonds is 6. The summed E-state index contributed by atoms with van der Waals surface area (Å²) in [5.41, 5.74) is 2.11. The molecule has 11 heteroatoms. The van der Waals surface area contributed by atoms with Gasteiger partial charge in [0, 0.05) is 48.8 Å². The predicted octanol–water partition coefficient (Wildman–Crippen LogP) is 2.60. The number of nitrogens with zero attached hydrogens (tertiary/aromatic N) is 7. The number of aryl methyl sites for hydroxylation is 1. The van der Waals surface area contributed by atoms with Gasteiger partial charge in [-0.2, -0.15) is 13.2 Å². The topological polar surface area (TPSA) is 89.7 Å². The number of carbonyl (C=O) groups is 1. The standard InChI is InChI=1S/C20H22F3N7O/c1-29-19(26-27-28-29)15-8-14-9-16(24-12-17(14)25-11-15)10-18(31)13-2-5-30(6-3-13)7-4-20(21,22)23/h8-9,11-13H,2-7,10H2,1H3. The molecule has 0 aromatic carbocycles. The van der Waals surface area contributed by atoms with Crippen molar-refractivity contribution in [3.8, 4) is 11.4 Å². The molecule has 31 heavy (non-hydrogen) atoms. The van der Waals surface area contributed by atoms with Crippen LogP contribution in [0.4, 0.5) is 13.2 Å². The average molecular weight is 433 g/mol. The zero-order valence-corrected chi connectivity index (χ0v) is 17.0. The second-order valence-electron chi connectivity index (χ2n) is 7.84. The van der Waals surface area contributed by atoms with E-state index in [0.29, 0.717) is 43.0 Å². The van der Waals surface area contributed by atoms with Crippen LogP contribution in [-0.4, -0.2) is 66.7 Å². The van der Waals surface area contributed by atoms with Gasteiger partial charge in [0.05, 0.1) is 18.1 Å². The van der Waals surface area contributed by atoms with Crippen LogP contribution in [0.15, 0.2) is 24.5 Å². The number of fused-ring (bicyclic) bond motifs is 1. The van der Waals surface area contributed by atoms with Gasteiger partial charge in [-0.25, -0.2) is 4.68 Å². The third-order valence-electron chi connectivity index (χ3n) is 5.61. The maximum Gasteiger partial charge on any atom is 0.390 e. The number of pyridine rings is 2. The molecule has 0 atom stereocenters. The van der Waals surface area contributed by atoms with Gasteiger partial charge in [0.15, 0.2) is 5.82 Å².